The van der Waals surface area contributed by atoms with Crippen molar-refractivity contribution in [1.82, 2.24) is 0 Å². The minimum atomic E-state index is -1.58. The fraction of sp³-hybridized carbons (Fsp3) is 0.538. The van der Waals surface area contributed by atoms with Gasteiger partial charge < -0.3 is 20.1 Å². The summed E-state index contributed by atoms with van der Waals surface area (Å²) in [6.45, 7) is 0. The van der Waals surface area contributed by atoms with Gasteiger partial charge in [0.1, 0.15) is 18.0 Å². The van der Waals surface area contributed by atoms with E-state index in [2.05, 4.69) is 0 Å². The smallest absolute Gasteiger partial charge is 0.157 e. The molecule has 0 aromatic heterocycles. The third-order valence-corrected chi connectivity index (χ3v) is 3.91. The van der Waals surface area contributed by atoms with Crippen LogP contribution in [0.5, 0.6) is 5.75 Å². The quantitative estimate of drug-likeness (QED) is 0.622. The molecule has 1 aliphatic heterocycles. The zero-order valence-corrected chi connectivity index (χ0v) is 9.41. The molecule has 3 rings (SSSR count). The van der Waals surface area contributed by atoms with Crippen molar-refractivity contribution in [2.45, 2.75) is 43.2 Å². The summed E-state index contributed by atoms with van der Waals surface area (Å²) in [5.41, 5.74) is -1.03. The molecule has 1 fully saturated rings. The standard InChI is InChI=1S/C13H16O4/c14-10-6-3-7-11-13(10,16)12(15)8-4-1-2-5-9(8)17-11/h1-2,4-5,10-12,14-16H,3,6-7H2/t10-,11+,12+,13-/m0/s1. The average molecular weight is 236 g/mol. The van der Waals surface area contributed by atoms with Crippen LogP contribution in [0.4, 0.5) is 0 Å². The third kappa shape index (κ3) is 1.41. The molecule has 92 valence electrons. The summed E-state index contributed by atoms with van der Waals surface area (Å²) in [6.07, 6.45) is -0.620. The second-order valence-electron chi connectivity index (χ2n) is 4.88. The number of hydrogen-bond acceptors (Lipinski definition) is 4. The summed E-state index contributed by atoms with van der Waals surface area (Å²) in [4.78, 5) is 0. The van der Waals surface area contributed by atoms with Crippen molar-refractivity contribution in [3.8, 4) is 5.75 Å². The molecule has 1 aliphatic carbocycles. The predicted octanol–water partition coefficient (Wildman–Crippen LogP) is 0.757. The fourth-order valence-electron chi connectivity index (χ4n) is 2.90. The lowest BCUT2D eigenvalue weighted by atomic mass is 9.72. The first-order valence-electron chi connectivity index (χ1n) is 5.98. The first-order chi connectivity index (χ1) is 8.14. The second kappa shape index (κ2) is 3.70. The Morgan fingerprint density at radius 3 is 2.76 bits per heavy atom. The number of ether oxygens (including phenoxy) is 1. The summed E-state index contributed by atoms with van der Waals surface area (Å²) in [6, 6.07) is 7.11. The van der Waals surface area contributed by atoms with Gasteiger partial charge in [-0.1, -0.05) is 18.2 Å². The van der Waals surface area contributed by atoms with Gasteiger partial charge >= 0.3 is 0 Å². The molecule has 1 heterocycles. The molecule has 0 unspecified atom stereocenters. The molecule has 0 saturated heterocycles. The lowest BCUT2D eigenvalue weighted by molar-refractivity contribution is -0.222. The molecular weight excluding hydrogens is 220 g/mol. The van der Waals surface area contributed by atoms with Gasteiger partial charge in [-0.3, -0.25) is 0 Å². The van der Waals surface area contributed by atoms with Crippen LogP contribution in [0.2, 0.25) is 0 Å². The van der Waals surface area contributed by atoms with Crippen LogP contribution < -0.4 is 4.74 Å². The van der Waals surface area contributed by atoms with Gasteiger partial charge in [0, 0.05) is 5.56 Å². The Morgan fingerprint density at radius 1 is 1.18 bits per heavy atom. The molecule has 1 aromatic carbocycles. The Bertz CT molecular complexity index is 433. The molecule has 0 radical (unpaired) electrons. The molecule has 1 aromatic rings. The Labute approximate surface area is 99.5 Å². The average Bonchev–Trinajstić information content (AvgIpc) is 2.34. The number of fused-ring (bicyclic) bond motifs is 2. The Kier molecular flexibility index (Phi) is 2.40. The Hall–Kier alpha value is -1.10. The third-order valence-electron chi connectivity index (χ3n) is 3.91. The molecule has 4 nitrogen and oxygen atoms in total. The Balaban J connectivity index is 2.08. The molecular formula is C13H16O4. The van der Waals surface area contributed by atoms with Crippen molar-refractivity contribution < 1.29 is 20.1 Å². The summed E-state index contributed by atoms with van der Waals surface area (Å²) < 4.78 is 5.71. The number of benzene rings is 1. The maximum absolute atomic E-state index is 10.5. The number of aliphatic hydroxyl groups excluding tert-OH is 2. The fourth-order valence-corrected chi connectivity index (χ4v) is 2.90. The van der Waals surface area contributed by atoms with Crippen molar-refractivity contribution in [3.05, 3.63) is 29.8 Å². The van der Waals surface area contributed by atoms with Crippen molar-refractivity contribution in [2.24, 2.45) is 0 Å². The number of para-hydroxylation sites is 1. The van der Waals surface area contributed by atoms with Crippen molar-refractivity contribution in [1.29, 1.82) is 0 Å². The summed E-state index contributed by atoms with van der Waals surface area (Å²) in [7, 11) is 0. The topological polar surface area (TPSA) is 69.9 Å². The van der Waals surface area contributed by atoms with Crippen LogP contribution in [0.15, 0.2) is 24.3 Å². The van der Waals surface area contributed by atoms with Crippen LogP contribution in [0, 0.1) is 0 Å². The van der Waals surface area contributed by atoms with E-state index < -0.39 is 23.9 Å². The van der Waals surface area contributed by atoms with E-state index in [1.54, 1.807) is 18.2 Å². The number of hydrogen-bond donors (Lipinski definition) is 3. The lowest BCUT2D eigenvalue weighted by Crippen LogP contribution is -2.62. The van der Waals surface area contributed by atoms with Crippen LogP contribution in [0.1, 0.15) is 30.9 Å². The zero-order valence-electron chi connectivity index (χ0n) is 9.41. The highest BCUT2D eigenvalue weighted by atomic mass is 16.5. The van der Waals surface area contributed by atoms with Gasteiger partial charge in [-0.05, 0) is 25.3 Å². The monoisotopic (exact) mass is 236 g/mol. The second-order valence-corrected chi connectivity index (χ2v) is 4.88. The van der Waals surface area contributed by atoms with Crippen molar-refractivity contribution in [2.75, 3.05) is 0 Å². The molecule has 17 heavy (non-hydrogen) atoms. The maximum atomic E-state index is 10.5. The summed E-state index contributed by atoms with van der Waals surface area (Å²) in [5.74, 6) is 0.601. The van der Waals surface area contributed by atoms with E-state index in [9.17, 15) is 15.3 Å². The first kappa shape index (κ1) is 11.0. The van der Waals surface area contributed by atoms with E-state index in [1.165, 1.54) is 0 Å². The van der Waals surface area contributed by atoms with E-state index >= 15 is 0 Å². The van der Waals surface area contributed by atoms with Gasteiger partial charge in [0.05, 0.1) is 6.10 Å². The largest absolute Gasteiger partial charge is 0.487 e. The van der Waals surface area contributed by atoms with Gasteiger partial charge in [-0.25, -0.2) is 0 Å². The van der Waals surface area contributed by atoms with Gasteiger partial charge in [0.2, 0.25) is 0 Å². The highest BCUT2D eigenvalue weighted by Gasteiger charge is 2.56. The predicted molar refractivity (Wildman–Crippen MR) is 60.6 cm³/mol. The highest BCUT2D eigenvalue weighted by molar-refractivity contribution is 5.40. The minimum Gasteiger partial charge on any atom is -0.487 e. The minimum absolute atomic E-state index is 0.496. The van der Waals surface area contributed by atoms with E-state index in [1.807, 2.05) is 6.07 Å². The van der Waals surface area contributed by atoms with Gasteiger partial charge in [0.15, 0.2) is 5.60 Å². The van der Waals surface area contributed by atoms with Crippen LogP contribution in [-0.2, 0) is 0 Å². The summed E-state index contributed by atoms with van der Waals surface area (Å²) in [5, 5.41) is 30.8. The maximum Gasteiger partial charge on any atom is 0.157 e. The number of aliphatic hydroxyl groups is 3. The molecule has 2 aliphatic rings. The van der Waals surface area contributed by atoms with Gasteiger partial charge in [0.25, 0.3) is 0 Å². The van der Waals surface area contributed by atoms with Crippen molar-refractivity contribution >= 4 is 0 Å². The molecule has 0 spiro atoms. The molecule has 3 N–H and O–H groups in total. The first-order valence-corrected chi connectivity index (χ1v) is 5.98. The lowest BCUT2D eigenvalue weighted by Gasteiger charge is -2.49. The van der Waals surface area contributed by atoms with Crippen LogP contribution in [0.3, 0.4) is 0 Å². The van der Waals surface area contributed by atoms with E-state index in [4.69, 9.17) is 4.74 Å². The van der Waals surface area contributed by atoms with E-state index in [-0.39, 0.29) is 0 Å². The van der Waals surface area contributed by atoms with Crippen LogP contribution in [0.25, 0.3) is 0 Å². The SMILES string of the molecule is O[C@@H]1c2ccccc2O[C@@H]2CCC[C@H](O)[C@@]12O. The molecule has 0 bridgehead atoms. The van der Waals surface area contributed by atoms with Gasteiger partial charge in [-0.2, -0.15) is 0 Å². The highest BCUT2D eigenvalue weighted by Crippen LogP contribution is 2.47. The van der Waals surface area contributed by atoms with Crippen LogP contribution in [-0.4, -0.2) is 33.1 Å². The number of rotatable bonds is 0. The molecule has 4 heteroatoms. The molecule has 1 saturated carbocycles. The Morgan fingerprint density at radius 2 is 1.94 bits per heavy atom. The molecule has 4 atom stereocenters. The summed E-state index contributed by atoms with van der Waals surface area (Å²) >= 11 is 0. The van der Waals surface area contributed by atoms with Crippen LogP contribution >= 0.6 is 0 Å². The van der Waals surface area contributed by atoms with Gasteiger partial charge in [-0.15, -0.1) is 0 Å². The van der Waals surface area contributed by atoms with Crippen molar-refractivity contribution in [3.63, 3.8) is 0 Å². The van der Waals surface area contributed by atoms with E-state index in [0.29, 0.717) is 24.2 Å². The molecule has 0 amide bonds. The zero-order chi connectivity index (χ0) is 12.0. The van der Waals surface area contributed by atoms with E-state index in [0.717, 1.165) is 6.42 Å². The normalized spacial score (nSPS) is 40.1.